The van der Waals surface area contributed by atoms with Gasteiger partial charge in [-0.15, -0.1) is 0 Å². The molecule has 10 atom stereocenters. The minimum Gasteiger partial charge on any atom is -0.384 e. The number of rotatable bonds is 12. The van der Waals surface area contributed by atoms with Gasteiger partial charge in [-0.25, -0.2) is 0 Å². The van der Waals surface area contributed by atoms with Gasteiger partial charge < -0.3 is 29.7 Å². The molecule has 8 nitrogen and oxygen atoms in total. The van der Waals surface area contributed by atoms with Gasteiger partial charge in [0.2, 0.25) is 5.91 Å². The highest BCUT2D eigenvalue weighted by Crippen LogP contribution is 2.62. The summed E-state index contributed by atoms with van der Waals surface area (Å²) in [4.78, 5) is 24.2. The molecule has 0 aromatic heterocycles. The molecule has 0 aromatic carbocycles. The summed E-state index contributed by atoms with van der Waals surface area (Å²) in [7, 11) is 0. The van der Waals surface area contributed by atoms with Crippen molar-refractivity contribution < 1.29 is 34.0 Å². The molecule has 3 heterocycles. The van der Waals surface area contributed by atoms with Crippen LogP contribution in [0.15, 0.2) is 12.2 Å². The Kier molecular flexibility index (Phi) is 7.56. The van der Waals surface area contributed by atoms with Gasteiger partial charge in [-0.2, -0.15) is 0 Å². The molecule has 8 heteroatoms. The SMILES string of the molecule is CCCCCC[C@@H](C)C[C@@H](C)/C=C/C(=O)N[C@@H]1CC2(OC1O)[C@@H]1O[C@@H]1C(O)(CC(C)=O)[C@@H]1O[C@@H]12. The fraction of sp³-hybridized carbons (Fsp3) is 0.846. The lowest BCUT2D eigenvalue weighted by Crippen LogP contribution is -2.57. The molecule has 0 aromatic rings. The van der Waals surface area contributed by atoms with Crippen LogP contribution in [-0.4, -0.2) is 69.9 Å². The van der Waals surface area contributed by atoms with Crippen LogP contribution in [0.1, 0.15) is 79.1 Å². The minimum atomic E-state index is -1.35. The molecule has 3 saturated heterocycles. The first-order valence-electron chi connectivity index (χ1n) is 13.0. The average Bonchev–Trinajstić information content (AvgIpc) is 3.66. The Bertz CT molecular complexity index is 780. The van der Waals surface area contributed by atoms with Crippen LogP contribution < -0.4 is 5.32 Å². The lowest BCUT2D eigenvalue weighted by molar-refractivity contribution is -0.161. The molecule has 0 radical (unpaired) electrons. The molecule has 4 aliphatic rings. The van der Waals surface area contributed by atoms with E-state index in [4.69, 9.17) is 14.2 Å². The van der Waals surface area contributed by atoms with Crippen molar-refractivity contribution in [2.45, 2.75) is 127 Å². The highest BCUT2D eigenvalue weighted by Gasteiger charge is 2.83. The second-order valence-electron chi connectivity index (χ2n) is 11.1. The molecule has 4 fully saturated rings. The number of Topliss-reactive ketones (excluding diaryl/α,β-unsaturated/α-hetero) is 1. The Morgan fingerprint density at radius 3 is 2.41 bits per heavy atom. The van der Waals surface area contributed by atoms with Gasteiger partial charge in [0, 0.05) is 12.8 Å². The first kappa shape index (κ1) is 25.8. The lowest BCUT2D eigenvalue weighted by Gasteiger charge is -2.33. The Hall–Kier alpha value is -1.32. The van der Waals surface area contributed by atoms with Gasteiger partial charge >= 0.3 is 0 Å². The van der Waals surface area contributed by atoms with Gasteiger partial charge in [0.05, 0.1) is 6.04 Å². The number of fused-ring (bicyclic) bond motifs is 4. The smallest absolute Gasteiger partial charge is 0.244 e. The Balaban J connectivity index is 1.26. The number of ketones is 1. The molecule has 0 bridgehead atoms. The summed E-state index contributed by atoms with van der Waals surface area (Å²) < 4.78 is 17.4. The number of amides is 1. The number of carbonyl (C=O) groups is 2. The van der Waals surface area contributed by atoms with E-state index in [-0.39, 0.29) is 18.1 Å². The van der Waals surface area contributed by atoms with Crippen LogP contribution in [0.3, 0.4) is 0 Å². The number of carbonyl (C=O) groups excluding carboxylic acids is 2. The number of ether oxygens (including phenoxy) is 3. The van der Waals surface area contributed by atoms with E-state index in [9.17, 15) is 19.8 Å². The molecular weight excluding hydrogens is 438 g/mol. The lowest BCUT2D eigenvalue weighted by atomic mass is 9.72. The molecule has 192 valence electrons. The maximum atomic E-state index is 12.6. The number of allylic oxidation sites excluding steroid dienone is 1. The van der Waals surface area contributed by atoms with Gasteiger partial charge in [-0.1, -0.05) is 59.0 Å². The maximum Gasteiger partial charge on any atom is 0.244 e. The fourth-order valence-corrected chi connectivity index (χ4v) is 6.17. The topological polar surface area (TPSA) is 121 Å². The molecule has 3 aliphatic heterocycles. The molecule has 34 heavy (non-hydrogen) atoms. The number of aliphatic hydroxyl groups is 2. The molecular formula is C26H41NO7. The van der Waals surface area contributed by atoms with E-state index >= 15 is 0 Å². The molecule has 1 amide bonds. The number of hydrogen-bond acceptors (Lipinski definition) is 7. The zero-order valence-electron chi connectivity index (χ0n) is 20.9. The Labute approximate surface area is 202 Å². The average molecular weight is 480 g/mol. The number of aliphatic hydroxyl groups excluding tert-OH is 1. The first-order chi connectivity index (χ1) is 16.1. The third-order valence-corrected chi connectivity index (χ3v) is 7.92. The third kappa shape index (κ3) is 5.12. The van der Waals surface area contributed by atoms with Gasteiger partial charge in [-0.3, -0.25) is 9.59 Å². The fourth-order valence-electron chi connectivity index (χ4n) is 6.17. The van der Waals surface area contributed by atoms with Crippen molar-refractivity contribution in [1.82, 2.24) is 5.32 Å². The monoisotopic (exact) mass is 479 g/mol. The summed E-state index contributed by atoms with van der Waals surface area (Å²) >= 11 is 0. The maximum absolute atomic E-state index is 12.6. The molecule has 1 spiro atoms. The van der Waals surface area contributed by atoms with E-state index in [0.717, 1.165) is 6.42 Å². The van der Waals surface area contributed by atoms with Gasteiger partial charge in [-0.05, 0) is 31.3 Å². The first-order valence-corrected chi connectivity index (χ1v) is 13.0. The van der Waals surface area contributed by atoms with Crippen molar-refractivity contribution in [2.24, 2.45) is 11.8 Å². The van der Waals surface area contributed by atoms with Crippen LogP contribution >= 0.6 is 0 Å². The van der Waals surface area contributed by atoms with Crippen LogP contribution in [-0.2, 0) is 23.8 Å². The van der Waals surface area contributed by atoms with E-state index in [2.05, 4.69) is 26.1 Å². The van der Waals surface area contributed by atoms with Gasteiger partial charge in [0.25, 0.3) is 0 Å². The van der Waals surface area contributed by atoms with Crippen LogP contribution in [0, 0.1) is 11.8 Å². The predicted molar refractivity (Wildman–Crippen MR) is 125 cm³/mol. The van der Waals surface area contributed by atoms with Crippen molar-refractivity contribution in [1.29, 1.82) is 0 Å². The van der Waals surface area contributed by atoms with Crippen LogP contribution in [0.2, 0.25) is 0 Å². The van der Waals surface area contributed by atoms with Crippen molar-refractivity contribution in [3.8, 4) is 0 Å². The van der Waals surface area contributed by atoms with E-state index in [0.29, 0.717) is 18.3 Å². The summed E-state index contributed by atoms with van der Waals surface area (Å²) in [5.74, 6) is 0.515. The third-order valence-electron chi connectivity index (χ3n) is 7.92. The zero-order chi connectivity index (χ0) is 24.7. The van der Waals surface area contributed by atoms with Crippen molar-refractivity contribution in [2.75, 3.05) is 0 Å². The van der Waals surface area contributed by atoms with E-state index in [1.165, 1.54) is 39.0 Å². The normalized spacial score (nSPS) is 41.7. The molecule has 3 unspecified atom stereocenters. The Morgan fingerprint density at radius 1 is 1.12 bits per heavy atom. The number of epoxide rings is 2. The van der Waals surface area contributed by atoms with E-state index in [1.807, 2.05) is 6.08 Å². The summed E-state index contributed by atoms with van der Waals surface area (Å²) in [5, 5.41) is 24.4. The summed E-state index contributed by atoms with van der Waals surface area (Å²) in [6, 6.07) is -0.598. The second-order valence-corrected chi connectivity index (χ2v) is 11.1. The van der Waals surface area contributed by atoms with Crippen molar-refractivity contribution in [3.05, 3.63) is 12.2 Å². The summed E-state index contributed by atoms with van der Waals surface area (Å²) in [6.45, 7) is 8.04. The largest absolute Gasteiger partial charge is 0.384 e. The van der Waals surface area contributed by atoms with Crippen LogP contribution in [0.4, 0.5) is 0 Å². The minimum absolute atomic E-state index is 0.0333. The Morgan fingerprint density at radius 2 is 1.79 bits per heavy atom. The highest BCUT2D eigenvalue weighted by atomic mass is 16.7. The number of hydrogen-bond donors (Lipinski definition) is 3. The summed E-state index contributed by atoms with van der Waals surface area (Å²) in [6.07, 6.45) is 7.87. The number of unbranched alkanes of at least 4 members (excludes halogenated alkanes) is 3. The molecule has 4 rings (SSSR count). The second kappa shape index (κ2) is 9.97. The molecule has 3 N–H and O–H groups in total. The van der Waals surface area contributed by atoms with Crippen molar-refractivity contribution >= 4 is 11.7 Å². The molecule has 1 aliphatic carbocycles. The van der Waals surface area contributed by atoms with Gasteiger partial charge in [0.1, 0.15) is 41.4 Å². The highest BCUT2D eigenvalue weighted by molar-refractivity contribution is 5.87. The quantitative estimate of drug-likeness (QED) is 0.223. The predicted octanol–water partition coefficient (Wildman–Crippen LogP) is 2.40. The zero-order valence-corrected chi connectivity index (χ0v) is 20.9. The number of nitrogens with one attached hydrogen (secondary N) is 1. The summed E-state index contributed by atoms with van der Waals surface area (Å²) in [5.41, 5.74) is -2.27. The van der Waals surface area contributed by atoms with Crippen molar-refractivity contribution in [3.63, 3.8) is 0 Å². The molecule has 1 saturated carbocycles. The van der Waals surface area contributed by atoms with Crippen LogP contribution in [0.5, 0.6) is 0 Å². The van der Waals surface area contributed by atoms with Crippen LogP contribution in [0.25, 0.3) is 0 Å². The van der Waals surface area contributed by atoms with E-state index in [1.54, 1.807) is 6.08 Å². The van der Waals surface area contributed by atoms with E-state index < -0.39 is 47.9 Å². The van der Waals surface area contributed by atoms with Gasteiger partial charge in [0.15, 0.2) is 6.29 Å². The standard InChI is InChI=1S/C26H41NO7/c1-5-6-7-8-9-15(2)12-16(3)10-11-19(29)27-18-14-26(34-24(18)30)22-20(32-22)25(31,13-17(4)28)21-23(26)33-21/h10-11,15-16,18,20-24,30-31H,5-9,12-14H2,1-4H3,(H,27,29)/b11-10+/t15-,16+,18-,20-,21+,22+,23-,24?,25?,26?/m1/s1.